The summed E-state index contributed by atoms with van der Waals surface area (Å²) in [6.07, 6.45) is 3.38. The van der Waals surface area contributed by atoms with Gasteiger partial charge in [-0.1, -0.05) is 18.2 Å². The van der Waals surface area contributed by atoms with Crippen molar-refractivity contribution in [2.24, 2.45) is 0 Å². The van der Waals surface area contributed by atoms with Crippen molar-refractivity contribution in [3.05, 3.63) is 71.4 Å². The number of hydrogen-bond donors (Lipinski definition) is 4. The van der Waals surface area contributed by atoms with Crippen molar-refractivity contribution >= 4 is 28.9 Å². The van der Waals surface area contributed by atoms with Crippen LogP contribution in [0.3, 0.4) is 0 Å². The second kappa shape index (κ2) is 11.5. The Morgan fingerprint density at radius 2 is 1.66 bits per heavy atom. The molecule has 216 valence electrons. The summed E-state index contributed by atoms with van der Waals surface area (Å²) in [7, 11) is 0. The molecule has 0 bridgehead atoms. The molecule has 10 heteroatoms. The van der Waals surface area contributed by atoms with Crippen molar-refractivity contribution in [2.45, 2.75) is 63.2 Å². The third-order valence-corrected chi connectivity index (χ3v) is 8.40. The molecule has 4 N–H and O–H groups in total. The lowest BCUT2D eigenvalue weighted by molar-refractivity contribution is -0.0278. The van der Waals surface area contributed by atoms with Crippen LogP contribution in [0.5, 0.6) is 0 Å². The van der Waals surface area contributed by atoms with Gasteiger partial charge in [0.25, 0.3) is 11.8 Å². The maximum absolute atomic E-state index is 13.2. The minimum atomic E-state index is -1.01. The summed E-state index contributed by atoms with van der Waals surface area (Å²) in [4.78, 5) is 35.4. The van der Waals surface area contributed by atoms with Crippen molar-refractivity contribution in [3.8, 4) is 0 Å². The zero-order valence-corrected chi connectivity index (χ0v) is 23.3. The molecule has 3 aliphatic rings. The van der Waals surface area contributed by atoms with Gasteiger partial charge < -0.3 is 35.1 Å². The van der Waals surface area contributed by atoms with E-state index in [0.717, 1.165) is 51.1 Å². The molecule has 0 spiro atoms. The molecule has 1 saturated heterocycles. The first-order valence-corrected chi connectivity index (χ1v) is 14.5. The Morgan fingerprint density at radius 3 is 2.39 bits per heavy atom. The first-order valence-electron chi connectivity index (χ1n) is 14.5. The number of nitrogens with one attached hydrogen (secondary N) is 2. The number of amides is 2. The molecule has 2 aromatic carbocycles. The Kier molecular flexibility index (Phi) is 7.68. The number of anilines is 3. The van der Waals surface area contributed by atoms with Crippen LogP contribution in [0.15, 0.2) is 53.1 Å². The highest BCUT2D eigenvalue weighted by Gasteiger charge is 2.32. The first-order chi connectivity index (χ1) is 19.9. The molecule has 6 rings (SSSR count). The van der Waals surface area contributed by atoms with Gasteiger partial charge in [0, 0.05) is 43.3 Å². The molecule has 3 atom stereocenters. The largest absolute Gasteiger partial charge is 0.448 e. The summed E-state index contributed by atoms with van der Waals surface area (Å²) >= 11 is 0. The SMILES string of the molecule is Cc1ccccc1N1CCN(c2ccc(C(=O)N[C@@H]3CCC[C@@H](O)[C@H]3O)cc2NC(=O)c2coc(C3CC3)n2)CC1. The van der Waals surface area contributed by atoms with E-state index in [0.29, 0.717) is 30.0 Å². The smallest absolute Gasteiger partial charge is 0.277 e. The number of carbonyl (C=O) groups is 2. The van der Waals surface area contributed by atoms with Gasteiger partial charge in [0.15, 0.2) is 11.6 Å². The van der Waals surface area contributed by atoms with Crippen LogP contribution >= 0.6 is 0 Å². The fourth-order valence-corrected chi connectivity index (χ4v) is 5.82. The van der Waals surface area contributed by atoms with Crippen molar-refractivity contribution in [3.63, 3.8) is 0 Å². The lowest BCUT2D eigenvalue weighted by Crippen LogP contribution is -2.51. The number of hydrogen-bond acceptors (Lipinski definition) is 8. The van der Waals surface area contributed by atoms with Gasteiger partial charge in [-0.05, 0) is 68.9 Å². The van der Waals surface area contributed by atoms with E-state index in [4.69, 9.17) is 4.42 Å². The van der Waals surface area contributed by atoms with Crippen LogP contribution in [0.25, 0.3) is 0 Å². The highest BCUT2D eigenvalue weighted by Crippen LogP contribution is 2.39. The number of aryl methyl sites for hydroxylation is 1. The van der Waals surface area contributed by atoms with Crippen LogP contribution in [0.2, 0.25) is 0 Å². The predicted molar refractivity (Wildman–Crippen MR) is 156 cm³/mol. The van der Waals surface area contributed by atoms with E-state index in [1.807, 2.05) is 12.1 Å². The average Bonchev–Trinajstić information content (AvgIpc) is 3.71. The van der Waals surface area contributed by atoms with Gasteiger partial charge in [-0.25, -0.2) is 4.98 Å². The fraction of sp³-hybridized carbons (Fsp3) is 0.452. The molecule has 3 aromatic rings. The summed E-state index contributed by atoms with van der Waals surface area (Å²) in [6, 6.07) is 13.1. The number of aromatic nitrogens is 1. The van der Waals surface area contributed by atoms with Crippen LogP contribution in [0.4, 0.5) is 17.1 Å². The third-order valence-electron chi connectivity index (χ3n) is 8.40. The Bertz CT molecular complexity index is 1410. The molecule has 3 fully saturated rings. The van der Waals surface area contributed by atoms with Crippen molar-refractivity contribution in [1.29, 1.82) is 0 Å². The fourth-order valence-electron chi connectivity index (χ4n) is 5.82. The minimum absolute atomic E-state index is 0.205. The van der Waals surface area contributed by atoms with Crippen molar-refractivity contribution in [2.75, 3.05) is 41.3 Å². The molecule has 41 heavy (non-hydrogen) atoms. The molecule has 2 aliphatic carbocycles. The first kappa shape index (κ1) is 27.3. The number of piperazine rings is 1. The van der Waals surface area contributed by atoms with Crippen molar-refractivity contribution in [1.82, 2.24) is 10.3 Å². The van der Waals surface area contributed by atoms with E-state index in [1.165, 1.54) is 17.5 Å². The second-order valence-electron chi connectivity index (χ2n) is 11.4. The molecule has 1 aliphatic heterocycles. The highest BCUT2D eigenvalue weighted by molar-refractivity contribution is 6.06. The van der Waals surface area contributed by atoms with Crippen LogP contribution in [-0.2, 0) is 0 Å². The van der Waals surface area contributed by atoms with Gasteiger partial charge in [-0.15, -0.1) is 0 Å². The Balaban J connectivity index is 1.22. The van der Waals surface area contributed by atoms with E-state index >= 15 is 0 Å². The zero-order chi connectivity index (χ0) is 28.5. The summed E-state index contributed by atoms with van der Waals surface area (Å²) in [5, 5.41) is 26.3. The number of aliphatic hydroxyl groups is 2. The van der Waals surface area contributed by atoms with E-state index in [-0.39, 0.29) is 17.5 Å². The molecule has 2 heterocycles. The highest BCUT2D eigenvalue weighted by atomic mass is 16.3. The van der Waals surface area contributed by atoms with E-state index < -0.39 is 24.2 Å². The quantitative estimate of drug-likeness (QED) is 0.346. The number of nitrogens with zero attached hydrogens (tertiary/aromatic N) is 3. The zero-order valence-electron chi connectivity index (χ0n) is 23.3. The normalized spacial score (nSPS) is 22.9. The average molecular weight is 560 g/mol. The molecular weight excluding hydrogens is 522 g/mol. The van der Waals surface area contributed by atoms with Crippen LogP contribution < -0.4 is 20.4 Å². The second-order valence-corrected chi connectivity index (χ2v) is 11.4. The molecule has 0 unspecified atom stereocenters. The number of benzene rings is 2. The number of para-hydroxylation sites is 1. The maximum Gasteiger partial charge on any atom is 0.277 e. The molecule has 2 amide bonds. The summed E-state index contributed by atoms with van der Waals surface area (Å²) in [5.74, 6) is 0.109. The van der Waals surface area contributed by atoms with Gasteiger partial charge in [0.1, 0.15) is 6.26 Å². The van der Waals surface area contributed by atoms with Crippen molar-refractivity contribution < 1.29 is 24.2 Å². The van der Waals surface area contributed by atoms with Gasteiger partial charge in [-0.2, -0.15) is 0 Å². The minimum Gasteiger partial charge on any atom is -0.448 e. The number of aliphatic hydroxyl groups excluding tert-OH is 2. The summed E-state index contributed by atoms with van der Waals surface area (Å²) in [6.45, 7) is 5.23. The van der Waals surface area contributed by atoms with Crippen LogP contribution in [0.1, 0.15) is 70.3 Å². The van der Waals surface area contributed by atoms with Gasteiger partial charge >= 0.3 is 0 Å². The Labute approximate surface area is 239 Å². The molecule has 10 nitrogen and oxygen atoms in total. The van der Waals surface area contributed by atoms with Crippen LogP contribution in [-0.4, -0.2) is 71.4 Å². The van der Waals surface area contributed by atoms with Gasteiger partial charge in [0.05, 0.1) is 29.6 Å². The number of rotatable bonds is 7. The topological polar surface area (TPSA) is 131 Å². The third kappa shape index (κ3) is 5.94. The monoisotopic (exact) mass is 559 g/mol. The maximum atomic E-state index is 13.2. The van der Waals surface area contributed by atoms with Crippen LogP contribution in [0, 0.1) is 6.92 Å². The number of carbonyl (C=O) groups excluding carboxylic acids is 2. The predicted octanol–water partition coefficient (Wildman–Crippen LogP) is 3.44. The molecule has 2 saturated carbocycles. The summed E-state index contributed by atoms with van der Waals surface area (Å²) in [5.41, 5.74) is 4.34. The lowest BCUT2D eigenvalue weighted by atomic mass is 9.90. The molecular formula is C31H37N5O5. The van der Waals surface area contributed by atoms with E-state index in [9.17, 15) is 19.8 Å². The number of oxazole rings is 1. The van der Waals surface area contributed by atoms with Gasteiger partial charge in [-0.3, -0.25) is 9.59 Å². The standard InChI is InChI=1S/C31H37N5O5/c1-19-5-2-3-7-25(19)35-13-15-36(16-14-35)26-12-11-21(29(39)32-22-6-4-8-27(37)28(22)38)17-23(26)33-30(40)24-18-41-31(34-24)20-9-10-20/h2-3,5,7,11-12,17-18,20,22,27-28,37-38H,4,6,8-10,13-16H2,1H3,(H,32,39)(H,33,40)/t22-,27-,28+/m1/s1. The van der Waals surface area contributed by atoms with E-state index in [1.54, 1.807) is 12.1 Å². The molecule has 1 aromatic heterocycles. The van der Waals surface area contributed by atoms with Gasteiger partial charge in [0.2, 0.25) is 0 Å². The van der Waals surface area contributed by atoms with E-state index in [2.05, 4.69) is 50.5 Å². The lowest BCUT2D eigenvalue weighted by Gasteiger charge is -2.38. The summed E-state index contributed by atoms with van der Waals surface area (Å²) < 4.78 is 5.53. The Hall–Kier alpha value is -3.89. The molecule has 0 radical (unpaired) electrons. The Morgan fingerprint density at radius 1 is 0.927 bits per heavy atom.